The largest absolute Gasteiger partial charge is 0.236 e. The van der Waals surface area contributed by atoms with Crippen molar-refractivity contribution in [2.45, 2.75) is 11.8 Å². The lowest BCUT2D eigenvalue weighted by Gasteiger charge is -1.97. The molecule has 0 saturated carbocycles. The van der Waals surface area contributed by atoms with Crippen LogP contribution in [-0.4, -0.2) is 9.97 Å². The van der Waals surface area contributed by atoms with Crippen molar-refractivity contribution < 1.29 is 0 Å². The molecule has 0 aliphatic carbocycles. The van der Waals surface area contributed by atoms with E-state index in [1.807, 2.05) is 0 Å². The van der Waals surface area contributed by atoms with Crippen molar-refractivity contribution in [1.29, 1.82) is 0 Å². The first-order chi connectivity index (χ1) is 13.7. The lowest BCUT2D eigenvalue weighted by atomic mass is 10.1. The Bertz CT molecular complexity index is 1120. The van der Waals surface area contributed by atoms with Gasteiger partial charge in [-0.25, -0.2) is 9.97 Å². The Morgan fingerprint density at radius 3 is 1.36 bits per heavy atom. The van der Waals surface area contributed by atoms with Gasteiger partial charge in [-0.1, -0.05) is 48.5 Å². The standard InChI is InChI=1S/C22H14Cl2N2S2/c23-11-13-1-5-15(6-2-13)21-25-17-9-20-18(10-19(17)27-21)26-22(28-20)16-7-3-14(12-24)4-8-16/h1-10H,11-12H2. The average molecular weight is 441 g/mol. The third-order valence-corrected chi connectivity index (χ3v) is 7.36. The highest BCUT2D eigenvalue weighted by atomic mass is 35.5. The van der Waals surface area contributed by atoms with Crippen molar-refractivity contribution >= 4 is 66.3 Å². The van der Waals surface area contributed by atoms with Gasteiger partial charge in [0.1, 0.15) is 10.0 Å². The van der Waals surface area contributed by atoms with E-state index >= 15 is 0 Å². The minimum Gasteiger partial charge on any atom is -0.236 e. The Hall–Kier alpha value is -1.98. The van der Waals surface area contributed by atoms with Crippen LogP contribution in [0.4, 0.5) is 0 Å². The molecule has 3 aromatic carbocycles. The molecule has 5 rings (SSSR count). The predicted molar refractivity (Wildman–Crippen MR) is 123 cm³/mol. The van der Waals surface area contributed by atoms with Gasteiger partial charge < -0.3 is 0 Å². The van der Waals surface area contributed by atoms with Crippen LogP contribution in [0.5, 0.6) is 0 Å². The zero-order valence-electron chi connectivity index (χ0n) is 14.7. The molecule has 28 heavy (non-hydrogen) atoms. The molecule has 0 radical (unpaired) electrons. The summed E-state index contributed by atoms with van der Waals surface area (Å²) in [7, 11) is 0. The smallest absolute Gasteiger partial charge is 0.124 e. The van der Waals surface area contributed by atoms with E-state index in [-0.39, 0.29) is 0 Å². The second kappa shape index (κ2) is 7.45. The third-order valence-electron chi connectivity index (χ3n) is 4.61. The second-order valence-corrected chi connectivity index (χ2v) is 9.08. The summed E-state index contributed by atoms with van der Waals surface area (Å²) in [6, 6.07) is 20.8. The first kappa shape index (κ1) is 18.1. The fourth-order valence-electron chi connectivity index (χ4n) is 3.07. The molecular weight excluding hydrogens is 427 g/mol. The number of hydrogen-bond donors (Lipinski definition) is 0. The van der Waals surface area contributed by atoms with Crippen molar-refractivity contribution in [2.24, 2.45) is 0 Å². The Labute approximate surface area is 180 Å². The van der Waals surface area contributed by atoms with Crippen molar-refractivity contribution in [1.82, 2.24) is 9.97 Å². The van der Waals surface area contributed by atoms with Crippen LogP contribution in [0, 0.1) is 0 Å². The highest BCUT2D eigenvalue weighted by molar-refractivity contribution is 7.23. The van der Waals surface area contributed by atoms with Gasteiger partial charge in [0.15, 0.2) is 0 Å². The Balaban J connectivity index is 1.54. The van der Waals surface area contributed by atoms with Crippen molar-refractivity contribution in [3.8, 4) is 21.1 Å². The lowest BCUT2D eigenvalue weighted by molar-refractivity contribution is 1.39. The third kappa shape index (κ3) is 3.31. The summed E-state index contributed by atoms with van der Waals surface area (Å²) >= 11 is 15.2. The van der Waals surface area contributed by atoms with Gasteiger partial charge in [-0.2, -0.15) is 0 Å². The summed E-state index contributed by atoms with van der Waals surface area (Å²) in [5, 5.41) is 2.04. The normalized spacial score (nSPS) is 11.5. The molecule has 0 atom stereocenters. The molecule has 0 bridgehead atoms. The van der Waals surface area contributed by atoms with Gasteiger partial charge in [-0.3, -0.25) is 0 Å². The second-order valence-electron chi connectivity index (χ2n) is 6.49. The summed E-state index contributed by atoms with van der Waals surface area (Å²) in [4.78, 5) is 9.69. The summed E-state index contributed by atoms with van der Waals surface area (Å²) in [5.41, 5.74) is 6.49. The van der Waals surface area contributed by atoms with Gasteiger partial charge in [0.25, 0.3) is 0 Å². The van der Waals surface area contributed by atoms with Crippen molar-refractivity contribution in [3.05, 3.63) is 71.8 Å². The van der Waals surface area contributed by atoms with Crippen LogP contribution in [0.2, 0.25) is 0 Å². The number of nitrogens with zero attached hydrogens (tertiary/aromatic N) is 2. The number of aromatic nitrogens is 2. The van der Waals surface area contributed by atoms with Crippen LogP contribution in [0.3, 0.4) is 0 Å². The lowest BCUT2D eigenvalue weighted by Crippen LogP contribution is -1.79. The van der Waals surface area contributed by atoms with E-state index in [9.17, 15) is 0 Å². The molecule has 6 heteroatoms. The number of rotatable bonds is 4. The molecular formula is C22H14Cl2N2S2. The van der Waals surface area contributed by atoms with Gasteiger partial charge in [0, 0.05) is 22.9 Å². The van der Waals surface area contributed by atoms with E-state index in [1.54, 1.807) is 22.7 Å². The van der Waals surface area contributed by atoms with Crippen molar-refractivity contribution in [3.63, 3.8) is 0 Å². The van der Waals surface area contributed by atoms with Crippen LogP contribution < -0.4 is 0 Å². The molecule has 5 aromatic rings. The zero-order chi connectivity index (χ0) is 19.1. The SMILES string of the molecule is ClCc1ccc(-c2nc3cc4sc(-c5ccc(CCl)cc5)nc4cc3s2)cc1. The monoisotopic (exact) mass is 440 g/mol. The maximum absolute atomic E-state index is 5.88. The van der Waals surface area contributed by atoms with Gasteiger partial charge in [0.2, 0.25) is 0 Å². The van der Waals surface area contributed by atoms with Crippen LogP contribution in [-0.2, 0) is 11.8 Å². The van der Waals surface area contributed by atoms with E-state index in [0.29, 0.717) is 11.8 Å². The molecule has 0 spiro atoms. The molecule has 0 aliphatic rings. The van der Waals surface area contributed by atoms with Gasteiger partial charge in [-0.15, -0.1) is 45.9 Å². The Kier molecular flexibility index (Phi) is 4.81. The highest BCUT2D eigenvalue weighted by Gasteiger charge is 2.12. The average Bonchev–Trinajstić information content (AvgIpc) is 3.35. The summed E-state index contributed by atoms with van der Waals surface area (Å²) in [5.74, 6) is 1.05. The molecule has 0 fully saturated rings. The predicted octanol–water partition coefficient (Wildman–Crippen LogP) is 7.72. The topological polar surface area (TPSA) is 25.8 Å². The summed E-state index contributed by atoms with van der Waals surface area (Å²) in [6.45, 7) is 0. The number of hydrogen-bond acceptors (Lipinski definition) is 4. The van der Waals surface area contributed by atoms with Gasteiger partial charge >= 0.3 is 0 Å². The molecule has 0 unspecified atom stereocenters. The zero-order valence-corrected chi connectivity index (χ0v) is 17.8. The quantitative estimate of drug-likeness (QED) is 0.267. The Morgan fingerprint density at radius 1 is 0.607 bits per heavy atom. The van der Waals surface area contributed by atoms with Gasteiger partial charge in [0.05, 0.1) is 20.4 Å². The maximum atomic E-state index is 5.88. The fraction of sp³-hybridized carbons (Fsp3) is 0.0909. The van der Waals surface area contributed by atoms with E-state index < -0.39 is 0 Å². The number of benzene rings is 3. The van der Waals surface area contributed by atoms with Crippen molar-refractivity contribution in [2.75, 3.05) is 0 Å². The number of halogens is 2. The minimum absolute atomic E-state index is 0.527. The molecule has 0 amide bonds. The van der Waals surface area contributed by atoms with Crippen LogP contribution in [0.1, 0.15) is 11.1 Å². The molecule has 2 heterocycles. The molecule has 0 saturated heterocycles. The molecule has 2 aromatic heterocycles. The highest BCUT2D eigenvalue weighted by Crippen LogP contribution is 2.36. The van der Waals surface area contributed by atoms with Crippen LogP contribution in [0.15, 0.2) is 60.7 Å². The minimum atomic E-state index is 0.527. The number of alkyl halides is 2. The number of thiazole rings is 2. The Morgan fingerprint density at radius 2 is 1.00 bits per heavy atom. The van der Waals surface area contributed by atoms with Crippen LogP contribution >= 0.6 is 45.9 Å². The molecule has 0 N–H and O–H groups in total. The van der Waals surface area contributed by atoms with E-state index in [4.69, 9.17) is 33.2 Å². The molecule has 0 aliphatic heterocycles. The van der Waals surface area contributed by atoms with Crippen LogP contribution in [0.25, 0.3) is 41.6 Å². The summed E-state index contributed by atoms with van der Waals surface area (Å²) in [6.07, 6.45) is 0. The van der Waals surface area contributed by atoms with E-state index in [1.165, 1.54) is 0 Å². The molecule has 138 valence electrons. The molecule has 2 nitrogen and oxygen atoms in total. The van der Waals surface area contributed by atoms with Gasteiger partial charge in [-0.05, 0) is 23.3 Å². The fourth-order valence-corrected chi connectivity index (χ4v) is 5.40. The summed E-state index contributed by atoms with van der Waals surface area (Å²) < 4.78 is 2.30. The maximum Gasteiger partial charge on any atom is 0.124 e. The van der Waals surface area contributed by atoms with E-state index in [0.717, 1.165) is 52.7 Å². The first-order valence-corrected chi connectivity index (χ1v) is 11.5. The number of fused-ring (bicyclic) bond motifs is 2. The van der Waals surface area contributed by atoms with E-state index in [2.05, 4.69) is 60.7 Å². The first-order valence-electron chi connectivity index (χ1n) is 8.75.